The van der Waals surface area contributed by atoms with Gasteiger partial charge in [-0.1, -0.05) is 6.92 Å². The Morgan fingerprint density at radius 3 is 2.40 bits per heavy atom. The molecule has 3 nitrogen and oxygen atoms in total. The Kier molecular flexibility index (Phi) is 5.03. The fourth-order valence-corrected chi connectivity index (χ4v) is 2.24. The lowest BCUT2D eigenvalue weighted by Gasteiger charge is -2.35. The zero-order valence-electron chi connectivity index (χ0n) is 10.4. The lowest BCUT2D eigenvalue weighted by molar-refractivity contribution is 0.0245. The molecule has 1 aliphatic rings. The van der Waals surface area contributed by atoms with Gasteiger partial charge >= 0.3 is 0 Å². The quantitative estimate of drug-likeness (QED) is 0.719. The zero-order chi connectivity index (χ0) is 11.3. The molecule has 0 aromatic heterocycles. The maximum Gasteiger partial charge on any atom is 0.0718 e. The van der Waals surface area contributed by atoms with E-state index < -0.39 is 5.60 Å². The van der Waals surface area contributed by atoms with E-state index in [1.807, 2.05) is 13.8 Å². The summed E-state index contributed by atoms with van der Waals surface area (Å²) < 4.78 is 0. The minimum Gasteiger partial charge on any atom is -0.389 e. The Morgan fingerprint density at radius 1 is 1.33 bits per heavy atom. The minimum absolute atomic E-state index is 0.547. The molecular weight excluding hydrogens is 188 g/mol. The van der Waals surface area contributed by atoms with E-state index >= 15 is 0 Å². The van der Waals surface area contributed by atoms with Crippen molar-refractivity contribution in [2.45, 2.75) is 39.2 Å². The zero-order valence-corrected chi connectivity index (χ0v) is 10.4. The topological polar surface area (TPSA) is 35.5 Å². The maximum atomic E-state index is 9.72. The van der Waals surface area contributed by atoms with E-state index in [9.17, 15) is 5.11 Å². The number of nitrogens with zero attached hydrogens (tertiary/aromatic N) is 1. The molecule has 2 N–H and O–H groups in total. The van der Waals surface area contributed by atoms with Crippen LogP contribution in [0.4, 0.5) is 0 Å². The smallest absolute Gasteiger partial charge is 0.0718 e. The molecule has 0 aliphatic carbocycles. The summed E-state index contributed by atoms with van der Waals surface area (Å²) in [4.78, 5) is 2.38. The van der Waals surface area contributed by atoms with Gasteiger partial charge in [-0.2, -0.15) is 0 Å². The standard InChI is InChI=1S/C12H26N2O/c1-4-13-9-11-5-7-14(8-6-11)10-12(2,3)15/h11,13,15H,4-10H2,1-3H3. The summed E-state index contributed by atoms with van der Waals surface area (Å²) in [5.41, 5.74) is -0.547. The van der Waals surface area contributed by atoms with Crippen molar-refractivity contribution in [3.63, 3.8) is 0 Å². The fraction of sp³-hybridized carbons (Fsp3) is 1.00. The predicted molar refractivity (Wildman–Crippen MR) is 64.0 cm³/mol. The van der Waals surface area contributed by atoms with Crippen LogP contribution in [0.1, 0.15) is 33.6 Å². The van der Waals surface area contributed by atoms with Gasteiger partial charge in [0.1, 0.15) is 0 Å². The van der Waals surface area contributed by atoms with E-state index in [4.69, 9.17) is 0 Å². The highest BCUT2D eigenvalue weighted by Gasteiger charge is 2.23. The molecule has 0 unspecified atom stereocenters. The number of rotatable bonds is 5. The third-order valence-corrected chi connectivity index (χ3v) is 3.00. The van der Waals surface area contributed by atoms with Crippen LogP contribution in [0.25, 0.3) is 0 Å². The van der Waals surface area contributed by atoms with Gasteiger partial charge in [0, 0.05) is 6.54 Å². The maximum absolute atomic E-state index is 9.72. The van der Waals surface area contributed by atoms with Gasteiger partial charge in [-0.25, -0.2) is 0 Å². The molecule has 0 amide bonds. The van der Waals surface area contributed by atoms with Crippen LogP contribution in [0, 0.1) is 5.92 Å². The number of nitrogens with one attached hydrogen (secondary N) is 1. The van der Waals surface area contributed by atoms with Crippen molar-refractivity contribution in [1.82, 2.24) is 10.2 Å². The van der Waals surface area contributed by atoms with E-state index in [1.54, 1.807) is 0 Å². The van der Waals surface area contributed by atoms with Crippen molar-refractivity contribution in [2.75, 3.05) is 32.7 Å². The van der Waals surface area contributed by atoms with Gasteiger partial charge in [0.05, 0.1) is 5.60 Å². The van der Waals surface area contributed by atoms with Gasteiger partial charge in [-0.3, -0.25) is 0 Å². The summed E-state index contributed by atoms with van der Waals surface area (Å²) in [5.74, 6) is 0.836. The van der Waals surface area contributed by atoms with Crippen LogP contribution >= 0.6 is 0 Å². The van der Waals surface area contributed by atoms with Gasteiger partial charge in [0.2, 0.25) is 0 Å². The first-order chi connectivity index (χ1) is 7.01. The molecular formula is C12H26N2O. The van der Waals surface area contributed by atoms with Crippen molar-refractivity contribution in [3.8, 4) is 0 Å². The summed E-state index contributed by atoms with van der Waals surface area (Å²) in [7, 11) is 0. The number of piperidine rings is 1. The van der Waals surface area contributed by atoms with Gasteiger partial charge in [-0.05, 0) is 58.8 Å². The van der Waals surface area contributed by atoms with Crippen molar-refractivity contribution in [2.24, 2.45) is 5.92 Å². The molecule has 3 heteroatoms. The lowest BCUT2D eigenvalue weighted by Crippen LogP contribution is -2.44. The first kappa shape index (κ1) is 12.9. The molecule has 1 fully saturated rings. The molecule has 1 saturated heterocycles. The number of aliphatic hydroxyl groups is 1. The van der Waals surface area contributed by atoms with Crippen LogP contribution in [-0.4, -0.2) is 48.3 Å². The molecule has 1 heterocycles. The summed E-state index contributed by atoms with van der Waals surface area (Å²) in [6.07, 6.45) is 2.53. The summed E-state index contributed by atoms with van der Waals surface area (Å²) in [6.45, 7) is 11.2. The summed E-state index contributed by atoms with van der Waals surface area (Å²) in [6, 6.07) is 0. The molecule has 0 spiro atoms. The van der Waals surface area contributed by atoms with Gasteiger partial charge < -0.3 is 15.3 Å². The molecule has 1 rings (SSSR count). The van der Waals surface area contributed by atoms with Crippen molar-refractivity contribution < 1.29 is 5.11 Å². The average molecular weight is 214 g/mol. The van der Waals surface area contributed by atoms with Crippen molar-refractivity contribution >= 4 is 0 Å². The van der Waals surface area contributed by atoms with E-state index in [-0.39, 0.29) is 0 Å². The Balaban J connectivity index is 2.18. The number of hydrogen-bond acceptors (Lipinski definition) is 3. The molecule has 0 saturated carbocycles. The third kappa shape index (κ3) is 5.50. The highest BCUT2D eigenvalue weighted by molar-refractivity contribution is 4.78. The first-order valence-corrected chi connectivity index (χ1v) is 6.16. The molecule has 0 aromatic rings. The van der Waals surface area contributed by atoms with Crippen molar-refractivity contribution in [1.29, 1.82) is 0 Å². The molecule has 90 valence electrons. The number of likely N-dealkylation sites (tertiary alicyclic amines) is 1. The fourth-order valence-electron chi connectivity index (χ4n) is 2.24. The molecule has 1 aliphatic heterocycles. The van der Waals surface area contributed by atoms with E-state index in [0.717, 1.165) is 38.6 Å². The highest BCUT2D eigenvalue weighted by Crippen LogP contribution is 2.18. The van der Waals surface area contributed by atoms with Crippen LogP contribution in [0.5, 0.6) is 0 Å². The third-order valence-electron chi connectivity index (χ3n) is 3.00. The SMILES string of the molecule is CCNCC1CCN(CC(C)(C)O)CC1. The molecule has 0 atom stereocenters. The Morgan fingerprint density at radius 2 is 1.93 bits per heavy atom. The molecule has 15 heavy (non-hydrogen) atoms. The number of hydrogen-bond donors (Lipinski definition) is 2. The Bertz CT molecular complexity index is 169. The second-order valence-electron chi connectivity index (χ2n) is 5.34. The van der Waals surface area contributed by atoms with E-state index in [1.165, 1.54) is 12.8 Å². The molecule has 0 bridgehead atoms. The second kappa shape index (κ2) is 5.83. The Hall–Kier alpha value is -0.120. The normalized spacial score (nSPS) is 20.8. The summed E-state index contributed by atoms with van der Waals surface area (Å²) >= 11 is 0. The van der Waals surface area contributed by atoms with Gasteiger partial charge in [-0.15, -0.1) is 0 Å². The van der Waals surface area contributed by atoms with Crippen LogP contribution in [0.3, 0.4) is 0 Å². The van der Waals surface area contributed by atoms with Crippen LogP contribution in [0.2, 0.25) is 0 Å². The number of β-amino-alcohol motifs (C(OH)–C–C–N with tert-alkyl or cyclic N) is 1. The highest BCUT2D eigenvalue weighted by atomic mass is 16.3. The van der Waals surface area contributed by atoms with Gasteiger partial charge in [0.15, 0.2) is 0 Å². The predicted octanol–water partition coefficient (Wildman–Crippen LogP) is 1.08. The second-order valence-corrected chi connectivity index (χ2v) is 5.34. The summed E-state index contributed by atoms with van der Waals surface area (Å²) in [5, 5.41) is 13.1. The monoisotopic (exact) mass is 214 g/mol. The van der Waals surface area contributed by atoms with E-state index in [0.29, 0.717) is 0 Å². The lowest BCUT2D eigenvalue weighted by atomic mass is 9.95. The average Bonchev–Trinajstić information content (AvgIpc) is 2.14. The molecule has 0 radical (unpaired) electrons. The first-order valence-electron chi connectivity index (χ1n) is 6.16. The van der Waals surface area contributed by atoms with Crippen LogP contribution < -0.4 is 5.32 Å². The van der Waals surface area contributed by atoms with Crippen LogP contribution in [0.15, 0.2) is 0 Å². The minimum atomic E-state index is -0.547. The largest absolute Gasteiger partial charge is 0.389 e. The molecule has 0 aromatic carbocycles. The van der Waals surface area contributed by atoms with Crippen molar-refractivity contribution in [3.05, 3.63) is 0 Å². The van der Waals surface area contributed by atoms with E-state index in [2.05, 4.69) is 17.1 Å². The van der Waals surface area contributed by atoms with Crippen LogP contribution in [-0.2, 0) is 0 Å². The van der Waals surface area contributed by atoms with Gasteiger partial charge in [0.25, 0.3) is 0 Å². The Labute approximate surface area is 93.9 Å².